The number of likely N-dealkylation sites (N-methyl/N-ethyl adjacent to an activating group) is 2. The summed E-state index contributed by atoms with van der Waals surface area (Å²) in [6.45, 7) is 13.4. The number of nitrogens with zero attached hydrogens (tertiary/aromatic N) is 2. The van der Waals surface area contributed by atoms with Gasteiger partial charge in [0.05, 0.1) is 26.4 Å². The van der Waals surface area contributed by atoms with Crippen molar-refractivity contribution in [3.05, 3.63) is 82.9 Å². The Morgan fingerprint density at radius 1 is 0.580 bits per heavy atom. The lowest BCUT2D eigenvalue weighted by atomic mass is 9.85. The highest BCUT2D eigenvalue weighted by atomic mass is 16.5. The Labute approximate surface area is 297 Å². The summed E-state index contributed by atoms with van der Waals surface area (Å²) in [5.74, 6) is 2.77. The molecule has 0 spiro atoms. The SMILES string of the molecule is CCOc1ccc(C2CN(C)CCC2NC(=O)c2ccc(C(=O)N[C@@H]3CCN(C)C[C@@H]3c3ccc(OCC)c(OCC)c3)cc2)cc1OCC. The maximum Gasteiger partial charge on any atom is 0.251 e. The van der Waals surface area contributed by atoms with E-state index in [0.717, 1.165) is 73.1 Å². The first-order chi connectivity index (χ1) is 24.2. The summed E-state index contributed by atoms with van der Waals surface area (Å²) in [4.78, 5) is 31.7. The molecule has 0 aromatic heterocycles. The van der Waals surface area contributed by atoms with Crippen LogP contribution in [-0.2, 0) is 0 Å². The van der Waals surface area contributed by atoms with Gasteiger partial charge in [-0.3, -0.25) is 9.59 Å². The zero-order chi connectivity index (χ0) is 35.6. The van der Waals surface area contributed by atoms with Gasteiger partial charge in [0, 0.05) is 48.1 Å². The lowest BCUT2D eigenvalue weighted by Gasteiger charge is -2.38. The Hall–Kier alpha value is -4.28. The van der Waals surface area contributed by atoms with Crippen LogP contribution in [0, 0.1) is 0 Å². The molecule has 10 heteroatoms. The van der Waals surface area contributed by atoms with Gasteiger partial charge in [0.25, 0.3) is 11.8 Å². The van der Waals surface area contributed by atoms with Crippen LogP contribution in [0.2, 0.25) is 0 Å². The first kappa shape index (κ1) is 37.0. The normalized spacial score (nSPS) is 21.2. The van der Waals surface area contributed by atoms with Crippen LogP contribution < -0.4 is 29.6 Å². The van der Waals surface area contributed by atoms with Crippen molar-refractivity contribution in [1.29, 1.82) is 0 Å². The van der Waals surface area contributed by atoms with E-state index in [1.807, 2.05) is 52.0 Å². The molecule has 5 rings (SSSR count). The number of nitrogens with one attached hydrogen (secondary N) is 2. The van der Waals surface area contributed by atoms with Gasteiger partial charge < -0.3 is 39.4 Å². The minimum absolute atomic E-state index is 0.0543. The summed E-state index contributed by atoms with van der Waals surface area (Å²) >= 11 is 0. The highest BCUT2D eigenvalue weighted by Crippen LogP contribution is 2.36. The molecule has 0 saturated carbocycles. The van der Waals surface area contributed by atoms with Crippen LogP contribution in [0.5, 0.6) is 23.0 Å². The molecule has 2 fully saturated rings. The summed E-state index contributed by atoms with van der Waals surface area (Å²) in [7, 11) is 4.22. The lowest BCUT2D eigenvalue weighted by molar-refractivity contribution is 0.0892. The summed E-state index contributed by atoms with van der Waals surface area (Å²) in [5, 5.41) is 6.60. The molecular weight excluding hydrogens is 632 g/mol. The average molecular weight is 687 g/mol. The standard InChI is InChI=1S/C40H54N4O6/c1-7-47-35-17-15-29(23-37(35)49-9-3)31-25-43(5)21-19-33(31)41-39(45)27-11-13-28(14-12-27)40(46)42-34-20-22-44(6)26-32(34)30-16-18-36(48-8-2)38(24-30)50-10-4/h11-18,23-24,31-34H,7-10,19-22,25-26H2,1-6H3,(H,41,45)(H,42,46)/t31-,32?,33-,34?/m1/s1. The average Bonchev–Trinajstić information content (AvgIpc) is 3.11. The van der Waals surface area contributed by atoms with Crippen LogP contribution in [-0.4, -0.2) is 100 Å². The van der Waals surface area contributed by atoms with Crippen LogP contribution in [0.3, 0.4) is 0 Å². The summed E-state index contributed by atoms with van der Waals surface area (Å²) < 4.78 is 23.4. The van der Waals surface area contributed by atoms with E-state index < -0.39 is 0 Å². The number of hydrogen-bond acceptors (Lipinski definition) is 8. The fraction of sp³-hybridized carbons (Fsp3) is 0.500. The Kier molecular flexibility index (Phi) is 13.0. The Bertz CT molecular complexity index is 1460. The molecule has 3 aromatic rings. The number of carbonyl (C=O) groups is 2. The van der Waals surface area contributed by atoms with Gasteiger partial charge in [-0.1, -0.05) is 12.1 Å². The number of hydrogen-bond donors (Lipinski definition) is 2. The molecule has 50 heavy (non-hydrogen) atoms. The van der Waals surface area contributed by atoms with Crippen molar-refractivity contribution < 1.29 is 28.5 Å². The minimum Gasteiger partial charge on any atom is -0.490 e. The lowest BCUT2D eigenvalue weighted by Crippen LogP contribution is -2.49. The second-order valence-electron chi connectivity index (χ2n) is 13.2. The third-order valence-corrected chi connectivity index (χ3v) is 9.67. The molecule has 0 bridgehead atoms. The van der Waals surface area contributed by atoms with Crippen LogP contribution in [0.1, 0.15) is 84.2 Å². The van der Waals surface area contributed by atoms with E-state index in [9.17, 15) is 9.59 Å². The molecule has 2 aliphatic heterocycles. The van der Waals surface area contributed by atoms with Gasteiger partial charge in [0.15, 0.2) is 23.0 Å². The van der Waals surface area contributed by atoms with Gasteiger partial charge in [-0.2, -0.15) is 0 Å². The highest BCUT2D eigenvalue weighted by Gasteiger charge is 2.33. The van der Waals surface area contributed by atoms with E-state index in [1.165, 1.54) is 0 Å². The number of ether oxygens (including phenoxy) is 4. The van der Waals surface area contributed by atoms with Crippen LogP contribution in [0.15, 0.2) is 60.7 Å². The topological polar surface area (TPSA) is 102 Å². The zero-order valence-corrected chi connectivity index (χ0v) is 30.5. The zero-order valence-electron chi connectivity index (χ0n) is 30.5. The summed E-state index contributed by atoms with van der Waals surface area (Å²) in [5.41, 5.74) is 3.26. The molecule has 10 nitrogen and oxygen atoms in total. The molecule has 270 valence electrons. The van der Waals surface area contributed by atoms with Crippen LogP contribution >= 0.6 is 0 Å². The van der Waals surface area contributed by atoms with Gasteiger partial charge in [-0.05, 0) is 127 Å². The number of amides is 2. The van der Waals surface area contributed by atoms with Gasteiger partial charge in [0.1, 0.15) is 0 Å². The van der Waals surface area contributed by atoms with E-state index in [1.54, 1.807) is 24.3 Å². The summed E-state index contributed by atoms with van der Waals surface area (Å²) in [6, 6.07) is 19.0. The van der Waals surface area contributed by atoms with Crippen LogP contribution in [0.25, 0.3) is 0 Å². The number of rotatable bonds is 14. The minimum atomic E-state index is -0.150. The Balaban J connectivity index is 1.26. The predicted octanol–water partition coefficient (Wildman–Crippen LogP) is 5.72. The molecule has 2 heterocycles. The van der Waals surface area contributed by atoms with Crippen molar-refractivity contribution in [2.75, 3.05) is 66.7 Å². The molecule has 2 unspecified atom stereocenters. The van der Waals surface area contributed by atoms with Gasteiger partial charge in [0.2, 0.25) is 0 Å². The van der Waals surface area contributed by atoms with Crippen molar-refractivity contribution in [2.45, 2.75) is 64.5 Å². The second kappa shape index (κ2) is 17.6. The molecule has 2 saturated heterocycles. The van der Waals surface area contributed by atoms with Crippen molar-refractivity contribution in [2.24, 2.45) is 0 Å². The highest BCUT2D eigenvalue weighted by molar-refractivity contribution is 5.98. The van der Waals surface area contributed by atoms with E-state index in [-0.39, 0.29) is 35.7 Å². The van der Waals surface area contributed by atoms with Gasteiger partial charge in [-0.15, -0.1) is 0 Å². The van der Waals surface area contributed by atoms with Crippen molar-refractivity contribution in [3.8, 4) is 23.0 Å². The number of likely N-dealkylation sites (tertiary alicyclic amines) is 2. The van der Waals surface area contributed by atoms with E-state index in [2.05, 4.69) is 46.7 Å². The second-order valence-corrected chi connectivity index (χ2v) is 13.2. The predicted molar refractivity (Wildman–Crippen MR) is 196 cm³/mol. The maximum absolute atomic E-state index is 13.6. The Morgan fingerprint density at radius 2 is 0.940 bits per heavy atom. The smallest absolute Gasteiger partial charge is 0.251 e. The number of benzene rings is 3. The molecule has 2 aliphatic rings. The first-order valence-corrected chi connectivity index (χ1v) is 18.1. The van der Waals surface area contributed by atoms with Crippen molar-refractivity contribution >= 4 is 11.8 Å². The molecule has 2 amide bonds. The fourth-order valence-corrected chi connectivity index (χ4v) is 7.12. The third kappa shape index (κ3) is 9.08. The van der Waals surface area contributed by atoms with Gasteiger partial charge in [-0.25, -0.2) is 0 Å². The van der Waals surface area contributed by atoms with E-state index >= 15 is 0 Å². The maximum atomic E-state index is 13.6. The first-order valence-electron chi connectivity index (χ1n) is 18.1. The monoisotopic (exact) mass is 686 g/mol. The fourth-order valence-electron chi connectivity index (χ4n) is 7.12. The molecule has 2 N–H and O–H groups in total. The van der Waals surface area contributed by atoms with Crippen molar-refractivity contribution in [1.82, 2.24) is 20.4 Å². The molecule has 0 radical (unpaired) electrons. The summed E-state index contributed by atoms with van der Waals surface area (Å²) in [6.07, 6.45) is 1.64. The largest absolute Gasteiger partial charge is 0.490 e. The molecule has 4 atom stereocenters. The van der Waals surface area contributed by atoms with Crippen LogP contribution in [0.4, 0.5) is 0 Å². The molecule has 0 aliphatic carbocycles. The number of piperidine rings is 2. The van der Waals surface area contributed by atoms with Crippen molar-refractivity contribution in [3.63, 3.8) is 0 Å². The quantitative estimate of drug-likeness (QED) is 0.222. The van der Waals surface area contributed by atoms with Gasteiger partial charge >= 0.3 is 0 Å². The Morgan fingerprint density at radius 3 is 1.30 bits per heavy atom. The van der Waals surface area contributed by atoms with E-state index in [4.69, 9.17) is 18.9 Å². The molecule has 3 aromatic carbocycles. The number of carbonyl (C=O) groups excluding carboxylic acids is 2. The molecular formula is C40H54N4O6. The third-order valence-electron chi connectivity index (χ3n) is 9.67. The van der Waals surface area contributed by atoms with E-state index in [0.29, 0.717) is 37.6 Å².